The van der Waals surface area contributed by atoms with Gasteiger partial charge < -0.3 is 24.6 Å². The number of hydrogen-bond acceptors (Lipinski definition) is 7. The van der Waals surface area contributed by atoms with Crippen LogP contribution in [0.15, 0.2) is 48.5 Å². The predicted octanol–water partition coefficient (Wildman–Crippen LogP) is 7.01. The Labute approximate surface area is 273 Å². The fourth-order valence-electron chi connectivity index (χ4n) is 3.98. The first-order chi connectivity index (χ1) is 20.1. The average Bonchev–Trinajstić information content (AvgIpc) is 2.94. The zero-order valence-electron chi connectivity index (χ0n) is 26.2. The van der Waals surface area contributed by atoms with Gasteiger partial charge in [0.05, 0.1) is 0 Å². The molecule has 0 aromatic heterocycles. The normalized spacial score (nSPS) is 15.4. The molecule has 0 spiro atoms. The summed E-state index contributed by atoms with van der Waals surface area (Å²) in [4.78, 5) is 39.4. The fraction of sp³-hybridized carbons (Fsp3) is 0.545. The number of ether oxygens (including phenoxy) is 2. The Morgan fingerprint density at radius 3 is 1.55 bits per heavy atom. The number of nitrogens with one attached hydrogen (secondary N) is 1. The summed E-state index contributed by atoms with van der Waals surface area (Å²) >= 11 is 11.4. The summed E-state index contributed by atoms with van der Waals surface area (Å²) in [5.74, 6) is 0. The SMILES string of the molecule is C.CC(C)(C)OC(=O)N1CCN(Cc2ccc(Cl)cc2)CC1.CC(C)(C)OC(=O)N1CCNCC1.O=Cc1ccc(Cl)cc1. The number of carbonyl (C=O) groups excluding carboxylic acids is 3. The van der Waals surface area contributed by atoms with Gasteiger partial charge >= 0.3 is 12.2 Å². The first-order valence-electron chi connectivity index (χ1n) is 14.5. The van der Waals surface area contributed by atoms with Crippen LogP contribution in [0.1, 0.15) is 64.9 Å². The van der Waals surface area contributed by atoms with Crippen molar-refractivity contribution in [1.82, 2.24) is 20.0 Å². The maximum absolute atomic E-state index is 12.0. The summed E-state index contributed by atoms with van der Waals surface area (Å²) in [6.07, 6.45) is 0.374. The smallest absolute Gasteiger partial charge is 0.410 e. The molecule has 2 saturated heterocycles. The van der Waals surface area contributed by atoms with Gasteiger partial charge in [0.1, 0.15) is 17.5 Å². The van der Waals surface area contributed by atoms with Gasteiger partial charge in [-0.3, -0.25) is 9.69 Å². The third-order valence-electron chi connectivity index (χ3n) is 6.12. The Morgan fingerprint density at radius 1 is 0.727 bits per heavy atom. The molecular weight excluding hydrogens is 603 g/mol. The summed E-state index contributed by atoms with van der Waals surface area (Å²) in [6, 6.07) is 14.6. The molecule has 2 amide bonds. The molecule has 2 aliphatic rings. The third-order valence-corrected chi connectivity index (χ3v) is 6.62. The highest BCUT2D eigenvalue weighted by Gasteiger charge is 2.26. The van der Waals surface area contributed by atoms with E-state index in [1.54, 1.807) is 34.1 Å². The number of hydrogen-bond donors (Lipinski definition) is 1. The fourth-order valence-corrected chi connectivity index (χ4v) is 4.23. The Kier molecular flexibility index (Phi) is 16.8. The van der Waals surface area contributed by atoms with Crippen molar-refractivity contribution in [2.24, 2.45) is 0 Å². The van der Waals surface area contributed by atoms with Crippen molar-refractivity contribution >= 4 is 41.7 Å². The van der Waals surface area contributed by atoms with Crippen LogP contribution in [-0.2, 0) is 16.0 Å². The lowest BCUT2D eigenvalue weighted by Crippen LogP contribution is -2.49. The molecule has 2 aliphatic heterocycles. The Hall–Kier alpha value is -2.85. The van der Waals surface area contributed by atoms with E-state index in [4.69, 9.17) is 32.7 Å². The standard InChI is InChI=1S/C16H23ClN2O2.C9H18N2O2.C7H5ClO.CH4/c1-16(2,3)21-15(20)19-10-8-18(9-11-19)12-13-4-6-14(17)7-5-13;1-9(2,3)13-8(12)11-6-4-10-5-7-11;8-7-3-1-6(5-9)2-4-7;/h4-7H,8-12H2,1-3H3;10H,4-7H2,1-3H3;1-5H;1H4. The van der Waals surface area contributed by atoms with Crippen LogP contribution in [0.3, 0.4) is 0 Å². The molecule has 0 saturated carbocycles. The molecule has 2 aromatic carbocycles. The van der Waals surface area contributed by atoms with E-state index in [0.717, 1.165) is 57.1 Å². The van der Waals surface area contributed by atoms with E-state index in [1.165, 1.54) is 5.56 Å². The third kappa shape index (κ3) is 16.3. The monoisotopic (exact) mass is 652 g/mol. The van der Waals surface area contributed by atoms with Gasteiger partial charge in [0.15, 0.2) is 0 Å². The molecule has 246 valence electrons. The molecule has 2 fully saturated rings. The van der Waals surface area contributed by atoms with Crippen LogP contribution in [0.2, 0.25) is 10.0 Å². The predicted molar refractivity (Wildman–Crippen MR) is 179 cm³/mol. The second kappa shape index (κ2) is 18.8. The number of carbonyl (C=O) groups is 3. The summed E-state index contributed by atoms with van der Waals surface area (Å²) in [5, 5.41) is 4.59. The van der Waals surface area contributed by atoms with Crippen molar-refractivity contribution in [2.45, 2.75) is 66.7 Å². The minimum absolute atomic E-state index is 0. The highest BCUT2D eigenvalue weighted by molar-refractivity contribution is 6.30. The molecule has 0 radical (unpaired) electrons. The highest BCUT2D eigenvalue weighted by atomic mass is 35.5. The van der Waals surface area contributed by atoms with E-state index in [-0.39, 0.29) is 25.2 Å². The summed E-state index contributed by atoms with van der Waals surface area (Å²) < 4.78 is 10.6. The van der Waals surface area contributed by atoms with E-state index in [2.05, 4.69) is 10.2 Å². The Bertz CT molecular complexity index is 1130. The molecule has 9 nitrogen and oxygen atoms in total. The van der Waals surface area contributed by atoms with E-state index in [9.17, 15) is 14.4 Å². The summed E-state index contributed by atoms with van der Waals surface area (Å²) in [5.41, 5.74) is 1.07. The van der Waals surface area contributed by atoms with Crippen LogP contribution in [-0.4, -0.2) is 96.7 Å². The first-order valence-corrected chi connectivity index (χ1v) is 15.2. The van der Waals surface area contributed by atoms with E-state index >= 15 is 0 Å². The minimum Gasteiger partial charge on any atom is -0.444 e. The quantitative estimate of drug-likeness (QED) is 0.357. The van der Waals surface area contributed by atoms with Crippen molar-refractivity contribution in [3.63, 3.8) is 0 Å². The van der Waals surface area contributed by atoms with Crippen molar-refractivity contribution in [2.75, 3.05) is 52.4 Å². The lowest BCUT2D eigenvalue weighted by atomic mass is 10.2. The number of aldehydes is 1. The molecule has 4 rings (SSSR count). The molecule has 0 atom stereocenters. The zero-order chi connectivity index (χ0) is 32.0. The molecule has 0 unspecified atom stereocenters. The maximum atomic E-state index is 12.0. The first kappa shape index (κ1) is 39.2. The number of benzene rings is 2. The van der Waals surface area contributed by atoms with E-state index < -0.39 is 5.60 Å². The maximum Gasteiger partial charge on any atom is 0.410 e. The number of halogens is 2. The van der Waals surface area contributed by atoms with Crippen LogP contribution in [0.25, 0.3) is 0 Å². The lowest BCUT2D eigenvalue weighted by Gasteiger charge is -2.35. The van der Waals surface area contributed by atoms with Gasteiger partial charge in [-0.15, -0.1) is 0 Å². The highest BCUT2D eigenvalue weighted by Crippen LogP contribution is 2.15. The van der Waals surface area contributed by atoms with Crippen molar-refractivity contribution < 1.29 is 23.9 Å². The largest absolute Gasteiger partial charge is 0.444 e. The number of nitrogens with zero attached hydrogens (tertiary/aromatic N) is 3. The molecule has 11 heteroatoms. The van der Waals surface area contributed by atoms with Crippen LogP contribution < -0.4 is 5.32 Å². The number of amides is 2. The van der Waals surface area contributed by atoms with Crippen molar-refractivity contribution in [3.8, 4) is 0 Å². The molecule has 2 aromatic rings. The summed E-state index contributed by atoms with van der Waals surface area (Å²) in [6.45, 7) is 18.6. The molecule has 1 N–H and O–H groups in total. The van der Waals surface area contributed by atoms with Gasteiger partial charge in [-0.25, -0.2) is 9.59 Å². The molecule has 44 heavy (non-hydrogen) atoms. The Balaban J connectivity index is 0.000000359. The number of piperazine rings is 2. The molecular formula is C33H50Cl2N4O5. The van der Waals surface area contributed by atoms with E-state index in [1.807, 2.05) is 65.8 Å². The minimum atomic E-state index is -0.433. The lowest BCUT2D eigenvalue weighted by molar-refractivity contribution is 0.0138. The second-order valence-electron chi connectivity index (χ2n) is 12.3. The van der Waals surface area contributed by atoms with Gasteiger partial charge in [0, 0.05) is 74.5 Å². The van der Waals surface area contributed by atoms with E-state index in [0.29, 0.717) is 23.7 Å². The van der Waals surface area contributed by atoms with Gasteiger partial charge in [0.25, 0.3) is 0 Å². The van der Waals surface area contributed by atoms with Gasteiger partial charge in [-0.1, -0.05) is 54.9 Å². The summed E-state index contributed by atoms with van der Waals surface area (Å²) in [7, 11) is 0. The van der Waals surface area contributed by atoms with Crippen LogP contribution in [0, 0.1) is 0 Å². The van der Waals surface area contributed by atoms with Gasteiger partial charge in [-0.05, 0) is 71.4 Å². The Morgan fingerprint density at radius 2 is 1.14 bits per heavy atom. The molecule has 0 bridgehead atoms. The second-order valence-corrected chi connectivity index (χ2v) is 13.1. The topological polar surface area (TPSA) is 91.4 Å². The van der Waals surface area contributed by atoms with Gasteiger partial charge in [0.2, 0.25) is 0 Å². The molecule has 0 aliphatic carbocycles. The average molecular weight is 654 g/mol. The van der Waals surface area contributed by atoms with Crippen LogP contribution in [0.5, 0.6) is 0 Å². The van der Waals surface area contributed by atoms with Crippen LogP contribution in [0.4, 0.5) is 9.59 Å². The van der Waals surface area contributed by atoms with Crippen molar-refractivity contribution in [1.29, 1.82) is 0 Å². The molecule has 2 heterocycles. The number of rotatable bonds is 3. The van der Waals surface area contributed by atoms with Crippen LogP contribution >= 0.6 is 23.2 Å². The van der Waals surface area contributed by atoms with Crippen molar-refractivity contribution in [3.05, 3.63) is 69.7 Å². The van der Waals surface area contributed by atoms with Gasteiger partial charge in [-0.2, -0.15) is 0 Å². The zero-order valence-corrected chi connectivity index (χ0v) is 27.7.